The minimum atomic E-state index is -2.43. The first kappa shape index (κ1) is 13.3. The van der Waals surface area contributed by atoms with E-state index in [1.54, 1.807) is 24.3 Å². The van der Waals surface area contributed by atoms with Crippen molar-refractivity contribution in [2.75, 3.05) is 11.9 Å². The maximum Gasteiger partial charge on any atom is 0.288 e. The van der Waals surface area contributed by atoms with Crippen LogP contribution in [-0.4, -0.2) is 24.4 Å². The first-order valence-corrected chi connectivity index (χ1v) is 6.50. The maximum absolute atomic E-state index is 12.1. The second-order valence-corrected chi connectivity index (χ2v) is 4.96. The van der Waals surface area contributed by atoms with Crippen molar-refractivity contribution in [2.24, 2.45) is 0 Å². The van der Waals surface area contributed by atoms with Crippen LogP contribution in [0.1, 0.15) is 12.8 Å². The van der Waals surface area contributed by atoms with Gasteiger partial charge in [0.25, 0.3) is 11.7 Å². The average Bonchev–Trinajstić information content (AvgIpc) is 2.84. The normalized spacial score (nSPS) is 19.2. The molecule has 0 saturated carbocycles. The summed E-state index contributed by atoms with van der Waals surface area (Å²) >= 11 is 0.481. The van der Waals surface area contributed by atoms with E-state index in [0.717, 1.165) is 12.8 Å². The number of carbonyl (C=O) groups excluding carboxylic acids is 1. The molecule has 1 N–H and O–H groups in total. The predicted molar refractivity (Wildman–Crippen MR) is 65.9 cm³/mol. The van der Waals surface area contributed by atoms with E-state index in [0.29, 0.717) is 29.0 Å². The number of rotatable bonds is 4. The van der Waals surface area contributed by atoms with Crippen molar-refractivity contribution in [1.29, 1.82) is 0 Å². The summed E-state index contributed by atoms with van der Waals surface area (Å²) in [5, 5.41) is 2.70. The SMILES string of the molecule is O=C(Nc1ccc(SC(F)F)cc1)C1CCCO1. The van der Waals surface area contributed by atoms with Gasteiger partial charge in [-0.15, -0.1) is 0 Å². The smallest absolute Gasteiger partial charge is 0.288 e. The Morgan fingerprint density at radius 3 is 2.67 bits per heavy atom. The molecule has 0 aliphatic carbocycles. The summed E-state index contributed by atoms with van der Waals surface area (Å²) in [6, 6.07) is 6.33. The van der Waals surface area contributed by atoms with Gasteiger partial charge >= 0.3 is 0 Å². The van der Waals surface area contributed by atoms with Gasteiger partial charge in [-0.05, 0) is 37.1 Å². The van der Waals surface area contributed by atoms with Crippen molar-refractivity contribution in [3.05, 3.63) is 24.3 Å². The van der Waals surface area contributed by atoms with Crippen LogP contribution in [0, 0.1) is 0 Å². The Morgan fingerprint density at radius 2 is 2.11 bits per heavy atom. The number of thioether (sulfide) groups is 1. The number of carbonyl (C=O) groups is 1. The molecule has 0 spiro atoms. The van der Waals surface area contributed by atoms with Gasteiger partial charge in [0.2, 0.25) is 0 Å². The first-order chi connectivity index (χ1) is 8.65. The number of amides is 1. The molecular weight excluding hydrogens is 260 g/mol. The van der Waals surface area contributed by atoms with Crippen LogP contribution in [0.4, 0.5) is 14.5 Å². The summed E-state index contributed by atoms with van der Waals surface area (Å²) < 4.78 is 29.5. The monoisotopic (exact) mass is 273 g/mol. The van der Waals surface area contributed by atoms with Crippen LogP contribution in [0.15, 0.2) is 29.2 Å². The van der Waals surface area contributed by atoms with Crippen molar-refractivity contribution in [3.63, 3.8) is 0 Å². The van der Waals surface area contributed by atoms with Crippen molar-refractivity contribution in [2.45, 2.75) is 29.6 Å². The largest absolute Gasteiger partial charge is 0.368 e. The standard InChI is InChI=1S/C12H13F2NO2S/c13-12(14)18-9-5-3-8(4-6-9)15-11(16)10-2-1-7-17-10/h3-6,10,12H,1-2,7H2,(H,15,16). The molecule has 1 saturated heterocycles. The molecule has 6 heteroatoms. The van der Waals surface area contributed by atoms with Gasteiger partial charge in [-0.3, -0.25) is 4.79 Å². The van der Waals surface area contributed by atoms with Crippen LogP contribution in [0.3, 0.4) is 0 Å². The Hall–Kier alpha value is -1.14. The van der Waals surface area contributed by atoms with Crippen LogP contribution in [0.5, 0.6) is 0 Å². The highest BCUT2D eigenvalue weighted by Gasteiger charge is 2.23. The number of halogens is 2. The summed E-state index contributed by atoms with van der Waals surface area (Å²) in [5.41, 5.74) is 0.592. The fourth-order valence-corrected chi connectivity index (χ4v) is 2.23. The highest BCUT2D eigenvalue weighted by Crippen LogP contribution is 2.26. The third-order valence-corrected chi connectivity index (χ3v) is 3.29. The molecule has 0 aromatic heterocycles. The van der Waals surface area contributed by atoms with Gasteiger partial charge in [-0.1, -0.05) is 11.8 Å². The van der Waals surface area contributed by atoms with Crippen LogP contribution in [0.2, 0.25) is 0 Å². The molecule has 0 bridgehead atoms. The van der Waals surface area contributed by atoms with Gasteiger partial charge in [-0.2, -0.15) is 8.78 Å². The fraction of sp³-hybridized carbons (Fsp3) is 0.417. The van der Waals surface area contributed by atoms with E-state index < -0.39 is 5.76 Å². The fourth-order valence-electron chi connectivity index (χ4n) is 1.73. The zero-order valence-electron chi connectivity index (χ0n) is 9.57. The minimum Gasteiger partial charge on any atom is -0.368 e. The summed E-state index contributed by atoms with van der Waals surface area (Å²) in [4.78, 5) is 12.2. The van der Waals surface area contributed by atoms with Crippen molar-refractivity contribution < 1.29 is 18.3 Å². The molecule has 1 aliphatic rings. The zero-order valence-corrected chi connectivity index (χ0v) is 10.4. The number of alkyl halides is 2. The molecule has 1 aromatic carbocycles. The lowest BCUT2D eigenvalue weighted by Gasteiger charge is -2.10. The zero-order chi connectivity index (χ0) is 13.0. The first-order valence-electron chi connectivity index (χ1n) is 5.62. The highest BCUT2D eigenvalue weighted by molar-refractivity contribution is 7.99. The van der Waals surface area contributed by atoms with E-state index >= 15 is 0 Å². The lowest BCUT2D eigenvalue weighted by Crippen LogP contribution is -2.26. The number of benzene rings is 1. The molecule has 1 atom stereocenters. The van der Waals surface area contributed by atoms with Crippen molar-refractivity contribution >= 4 is 23.4 Å². The molecule has 0 radical (unpaired) electrons. The Morgan fingerprint density at radius 1 is 1.39 bits per heavy atom. The number of hydrogen-bond acceptors (Lipinski definition) is 3. The van der Waals surface area contributed by atoms with Gasteiger partial charge in [-0.25, -0.2) is 0 Å². The quantitative estimate of drug-likeness (QED) is 0.857. The molecule has 1 aromatic rings. The maximum atomic E-state index is 12.1. The lowest BCUT2D eigenvalue weighted by molar-refractivity contribution is -0.124. The van der Waals surface area contributed by atoms with Gasteiger partial charge in [0.05, 0.1) is 0 Å². The molecular formula is C12H13F2NO2S. The summed E-state index contributed by atoms with van der Waals surface area (Å²) in [6.07, 6.45) is 1.23. The second kappa shape index (κ2) is 6.15. The Balaban J connectivity index is 1.91. The van der Waals surface area contributed by atoms with E-state index in [1.807, 2.05) is 0 Å². The molecule has 3 nitrogen and oxygen atoms in total. The Kier molecular flexibility index (Phi) is 4.54. The van der Waals surface area contributed by atoms with Gasteiger partial charge in [0, 0.05) is 17.2 Å². The number of hydrogen-bond donors (Lipinski definition) is 1. The Bertz CT molecular complexity index is 405. The molecule has 2 rings (SSSR count). The summed E-state index contributed by atoms with van der Waals surface area (Å²) in [7, 11) is 0. The third-order valence-electron chi connectivity index (χ3n) is 2.57. The van der Waals surface area contributed by atoms with Crippen LogP contribution < -0.4 is 5.32 Å². The van der Waals surface area contributed by atoms with Gasteiger partial charge in [0.15, 0.2) is 0 Å². The second-order valence-electron chi connectivity index (χ2n) is 3.89. The number of anilines is 1. The Labute approximate surface area is 108 Å². The van der Waals surface area contributed by atoms with Crippen LogP contribution >= 0.6 is 11.8 Å². The number of ether oxygens (including phenoxy) is 1. The third kappa shape index (κ3) is 3.68. The lowest BCUT2D eigenvalue weighted by atomic mass is 10.2. The summed E-state index contributed by atoms with van der Waals surface area (Å²) in [6.45, 7) is 0.613. The molecule has 1 amide bonds. The van der Waals surface area contributed by atoms with Crippen molar-refractivity contribution in [1.82, 2.24) is 0 Å². The average molecular weight is 273 g/mol. The van der Waals surface area contributed by atoms with Gasteiger partial charge in [0.1, 0.15) is 6.10 Å². The van der Waals surface area contributed by atoms with E-state index in [-0.39, 0.29) is 12.0 Å². The van der Waals surface area contributed by atoms with E-state index in [4.69, 9.17) is 4.74 Å². The van der Waals surface area contributed by atoms with E-state index in [9.17, 15) is 13.6 Å². The predicted octanol–water partition coefficient (Wildman–Crippen LogP) is 3.12. The van der Waals surface area contributed by atoms with E-state index in [1.165, 1.54) is 0 Å². The van der Waals surface area contributed by atoms with Crippen LogP contribution in [-0.2, 0) is 9.53 Å². The molecule has 98 valence electrons. The number of nitrogens with one attached hydrogen (secondary N) is 1. The van der Waals surface area contributed by atoms with Crippen LogP contribution in [0.25, 0.3) is 0 Å². The van der Waals surface area contributed by atoms with Crippen molar-refractivity contribution in [3.8, 4) is 0 Å². The molecule has 18 heavy (non-hydrogen) atoms. The topological polar surface area (TPSA) is 38.3 Å². The van der Waals surface area contributed by atoms with Gasteiger partial charge < -0.3 is 10.1 Å². The van der Waals surface area contributed by atoms with E-state index in [2.05, 4.69) is 5.32 Å². The molecule has 1 heterocycles. The minimum absolute atomic E-state index is 0.179. The highest BCUT2D eigenvalue weighted by atomic mass is 32.2. The summed E-state index contributed by atoms with van der Waals surface area (Å²) in [5.74, 6) is -2.61. The molecule has 1 unspecified atom stereocenters. The molecule has 1 fully saturated rings. The molecule has 1 aliphatic heterocycles.